The minimum atomic E-state index is -0.607. The summed E-state index contributed by atoms with van der Waals surface area (Å²) in [6.45, 7) is 3.80. The van der Waals surface area contributed by atoms with Crippen LogP contribution in [0, 0.1) is 17.3 Å². The molecular formula is C28H31FN2O3. The van der Waals surface area contributed by atoms with Gasteiger partial charge in [-0.15, -0.1) is 0 Å². The second-order valence-corrected chi connectivity index (χ2v) is 11.1. The number of nitrogens with zero attached hydrogens (tertiary/aromatic N) is 1. The monoisotopic (exact) mass is 462 g/mol. The average Bonchev–Trinajstić information content (AvgIpc) is 3.38. The second kappa shape index (κ2) is 7.82. The van der Waals surface area contributed by atoms with Gasteiger partial charge in [-0.05, 0) is 74.0 Å². The van der Waals surface area contributed by atoms with Crippen molar-refractivity contribution in [3.8, 4) is 11.3 Å². The Morgan fingerprint density at radius 3 is 2.62 bits per heavy atom. The maximum Gasteiger partial charge on any atom is 0.278 e. The first-order valence-electron chi connectivity index (χ1n) is 12.5. The Morgan fingerprint density at radius 2 is 1.94 bits per heavy atom. The van der Waals surface area contributed by atoms with Crippen LogP contribution >= 0.6 is 0 Å². The van der Waals surface area contributed by atoms with Crippen LogP contribution in [0.2, 0.25) is 0 Å². The molecule has 178 valence electrons. The zero-order chi connectivity index (χ0) is 23.6. The van der Waals surface area contributed by atoms with E-state index < -0.39 is 6.01 Å². The average molecular weight is 463 g/mol. The predicted octanol–water partition coefficient (Wildman–Crippen LogP) is 6.20. The molecule has 2 saturated heterocycles. The Morgan fingerprint density at radius 1 is 1.18 bits per heavy atom. The molecule has 1 N–H and O–H groups in total. The van der Waals surface area contributed by atoms with Crippen LogP contribution in [0.1, 0.15) is 70.3 Å². The molecule has 4 bridgehead atoms. The minimum absolute atomic E-state index is 0.00516. The Labute approximate surface area is 198 Å². The van der Waals surface area contributed by atoms with Gasteiger partial charge in [-0.3, -0.25) is 4.79 Å². The highest BCUT2D eigenvalue weighted by Crippen LogP contribution is 2.58. The number of hydrogen-bond acceptors (Lipinski definition) is 3. The van der Waals surface area contributed by atoms with E-state index in [4.69, 9.17) is 4.42 Å². The van der Waals surface area contributed by atoms with Crippen LogP contribution in [-0.4, -0.2) is 33.7 Å². The first-order valence-corrected chi connectivity index (χ1v) is 12.5. The van der Waals surface area contributed by atoms with Crippen LogP contribution in [0.4, 0.5) is 4.39 Å². The Kier molecular flexibility index (Phi) is 4.98. The highest BCUT2D eigenvalue weighted by atomic mass is 19.1. The van der Waals surface area contributed by atoms with Crippen molar-refractivity contribution < 1.29 is 18.4 Å². The molecular weight excluding hydrogens is 431 g/mol. The lowest BCUT2D eigenvalue weighted by Crippen LogP contribution is -2.63. The van der Waals surface area contributed by atoms with Gasteiger partial charge < -0.3 is 19.1 Å². The topological polar surface area (TPSA) is 66.3 Å². The molecule has 0 spiro atoms. The van der Waals surface area contributed by atoms with Gasteiger partial charge in [0.05, 0.1) is 0 Å². The lowest BCUT2D eigenvalue weighted by molar-refractivity contribution is -0.160. The molecule has 2 aliphatic heterocycles. The molecule has 2 saturated carbocycles. The summed E-state index contributed by atoms with van der Waals surface area (Å²) in [5, 5.41) is 0.984. The molecule has 0 radical (unpaired) electrons. The fourth-order valence-corrected chi connectivity index (χ4v) is 7.68. The number of fused-ring (bicyclic) bond motifs is 1. The Balaban J connectivity index is 1.25. The molecule has 34 heavy (non-hydrogen) atoms. The number of ketones is 1. The third kappa shape index (κ3) is 3.50. The third-order valence-corrected chi connectivity index (χ3v) is 8.56. The van der Waals surface area contributed by atoms with Gasteiger partial charge >= 0.3 is 0 Å². The van der Waals surface area contributed by atoms with Gasteiger partial charge in [0.2, 0.25) is 5.91 Å². The molecule has 5 nitrogen and oxygen atoms in total. The first-order chi connectivity index (χ1) is 16.3. The van der Waals surface area contributed by atoms with Crippen molar-refractivity contribution in [2.75, 3.05) is 0 Å². The number of aromatic amines is 1. The zero-order valence-electron chi connectivity index (χ0n) is 19.8. The molecule has 3 aromatic rings. The minimum Gasteiger partial charge on any atom is -0.431 e. The molecule has 4 aliphatic rings. The van der Waals surface area contributed by atoms with E-state index >= 15 is 0 Å². The van der Waals surface area contributed by atoms with Crippen LogP contribution in [0.3, 0.4) is 0 Å². The summed E-state index contributed by atoms with van der Waals surface area (Å²) in [5.41, 5.74) is 2.95. The molecule has 1 amide bonds. The van der Waals surface area contributed by atoms with Gasteiger partial charge in [-0.2, -0.15) is 4.39 Å². The van der Waals surface area contributed by atoms with Crippen molar-refractivity contribution in [2.45, 2.75) is 76.8 Å². The lowest BCUT2D eigenvalue weighted by Gasteiger charge is -2.61. The van der Waals surface area contributed by atoms with Gasteiger partial charge in [-0.25, -0.2) is 0 Å². The number of aromatic nitrogens is 1. The second-order valence-electron chi connectivity index (χ2n) is 11.1. The van der Waals surface area contributed by atoms with E-state index in [1.807, 2.05) is 24.4 Å². The van der Waals surface area contributed by atoms with Crippen LogP contribution < -0.4 is 0 Å². The maximum absolute atomic E-state index is 13.6. The lowest BCUT2D eigenvalue weighted by atomic mass is 9.54. The molecule has 1 aromatic carbocycles. The number of Topliss-reactive ketones (excluding diaryl/α,β-unsaturated/α-hetero) is 1. The van der Waals surface area contributed by atoms with Crippen LogP contribution in [0.25, 0.3) is 22.2 Å². The number of H-pyrrole nitrogens is 1. The molecule has 3 unspecified atom stereocenters. The molecule has 6 heteroatoms. The molecule has 3 atom stereocenters. The van der Waals surface area contributed by atoms with E-state index in [9.17, 15) is 14.0 Å². The van der Waals surface area contributed by atoms with Crippen LogP contribution in [0.15, 0.2) is 40.9 Å². The van der Waals surface area contributed by atoms with Gasteiger partial charge in [0.1, 0.15) is 11.5 Å². The molecule has 4 fully saturated rings. The number of nitrogens with one attached hydrogen (secondary N) is 1. The SMILES string of the molecule is CC(=O)CC12CC3CC(C1)N(C(=O)CC(C)c1c[nH]c4cccc(-c5ccc(F)o5)c14)C(C3)C2. The van der Waals surface area contributed by atoms with Gasteiger partial charge in [0.25, 0.3) is 6.01 Å². The smallest absolute Gasteiger partial charge is 0.278 e. The van der Waals surface area contributed by atoms with Crippen LogP contribution in [-0.2, 0) is 9.59 Å². The maximum atomic E-state index is 13.6. The first kappa shape index (κ1) is 21.6. The van der Waals surface area contributed by atoms with E-state index in [1.54, 1.807) is 13.0 Å². The van der Waals surface area contributed by atoms with Crippen molar-refractivity contribution in [2.24, 2.45) is 11.3 Å². The highest BCUT2D eigenvalue weighted by Gasteiger charge is 2.55. The number of furan rings is 1. The Hall–Kier alpha value is -2.89. The molecule has 4 heterocycles. The number of carbonyl (C=O) groups excluding carboxylic acids is 2. The Bertz CT molecular complexity index is 1260. The van der Waals surface area contributed by atoms with E-state index in [-0.39, 0.29) is 35.1 Å². The summed E-state index contributed by atoms with van der Waals surface area (Å²) < 4.78 is 18.9. The largest absolute Gasteiger partial charge is 0.431 e. The third-order valence-electron chi connectivity index (χ3n) is 8.56. The van der Waals surface area contributed by atoms with Gasteiger partial charge in [0.15, 0.2) is 0 Å². The predicted molar refractivity (Wildman–Crippen MR) is 128 cm³/mol. The van der Waals surface area contributed by atoms with Crippen molar-refractivity contribution >= 4 is 22.6 Å². The van der Waals surface area contributed by atoms with Crippen molar-refractivity contribution in [1.82, 2.24) is 9.88 Å². The standard InChI is InChI=1S/C28H31FN2O3/c1-16(22-15-30-23-5-3-4-21(27(22)23)24-6-7-25(29)34-24)8-26(33)31-19-9-18-10-20(31)14-28(12-18,13-19)11-17(2)32/h3-7,15-16,18-20,30H,8-14H2,1-2H3. The van der Waals surface area contributed by atoms with Crippen molar-refractivity contribution in [3.05, 3.63) is 48.1 Å². The van der Waals surface area contributed by atoms with Crippen molar-refractivity contribution in [3.63, 3.8) is 0 Å². The number of halogens is 1. The summed E-state index contributed by atoms with van der Waals surface area (Å²) in [6, 6.07) is 8.76. The summed E-state index contributed by atoms with van der Waals surface area (Å²) in [4.78, 5) is 31.1. The molecule has 7 rings (SSSR count). The zero-order valence-corrected chi connectivity index (χ0v) is 19.8. The fraction of sp³-hybridized carbons (Fsp3) is 0.500. The summed E-state index contributed by atoms with van der Waals surface area (Å²) in [7, 11) is 0. The number of carbonyl (C=O) groups is 2. The number of rotatable bonds is 6. The van der Waals surface area contributed by atoms with Crippen LogP contribution in [0.5, 0.6) is 0 Å². The summed E-state index contributed by atoms with van der Waals surface area (Å²) in [6.07, 6.45) is 8.34. The normalized spacial score (nSPS) is 28.6. The van der Waals surface area contributed by atoms with E-state index in [0.717, 1.165) is 54.1 Å². The molecule has 2 aromatic heterocycles. The van der Waals surface area contributed by atoms with E-state index in [1.165, 1.54) is 6.07 Å². The fourth-order valence-electron chi connectivity index (χ4n) is 7.68. The summed E-state index contributed by atoms with van der Waals surface area (Å²) >= 11 is 0. The van der Waals surface area contributed by atoms with Crippen molar-refractivity contribution in [1.29, 1.82) is 0 Å². The number of benzene rings is 1. The van der Waals surface area contributed by atoms with Gasteiger partial charge in [-0.1, -0.05) is 19.1 Å². The number of amides is 1. The van der Waals surface area contributed by atoms with Gasteiger partial charge in [0, 0.05) is 53.7 Å². The van der Waals surface area contributed by atoms with E-state index in [2.05, 4.69) is 16.8 Å². The summed E-state index contributed by atoms with van der Waals surface area (Å²) in [5.74, 6) is 1.65. The number of hydrogen-bond donors (Lipinski definition) is 1. The van der Waals surface area contributed by atoms with E-state index in [0.29, 0.717) is 24.5 Å². The quantitative estimate of drug-likeness (QED) is 0.474. The number of piperidine rings is 2. The highest BCUT2D eigenvalue weighted by molar-refractivity contribution is 5.97. The molecule has 2 aliphatic carbocycles.